The Morgan fingerprint density at radius 3 is 2.00 bits per heavy atom. The van der Waals surface area contributed by atoms with Crippen molar-refractivity contribution in [2.75, 3.05) is 13.4 Å². The van der Waals surface area contributed by atoms with Crippen molar-refractivity contribution in [2.24, 2.45) is 5.41 Å². The van der Waals surface area contributed by atoms with E-state index in [4.69, 9.17) is 4.74 Å². The number of ether oxygens (including phenoxy) is 1. The molecule has 0 bridgehead atoms. The molecule has 0 N–H and O–H groups in total. The molecule has 24 heavy (non-hydrogen) atoms. The summed E-state index contributed by atoms with van der Waals surface area (Å²) in [6.45, 7) is 4.36. The highest BCUT2D eigenvalue weighted by atomic mass is 32.2. The third-order valence-corrected chi connectivity index (χ3v) is 5.85. The summed E-state index contributed by atoms with van der Waals surface area (Å²) in [6.07, 6.45) is 1.21. The van der Waals surface area contributed by atoms with Gasteiger partial charge >= 0.3 is 0 Å². The first-order chi connectivity index (χ1) is 11.3. The van der Waals surface area contributed by atoms with Crippen molar-refractivity contribution < 1.29 is 13.2 Å². The summed E-state index contributed by atoms with van der Waals surface area (Å²) in [6, 6.07) is 17.3. The van der Waals surface area contributed by atoms with Gasteiger partial charge in [0, 0.05) is 18.8 Å². The zero-order valence-corrected chi connectivity index (χ0v) is 15.2. The Morgan fingerprint density at radius 1 is 0.917 bits per heavy atom. The maximum Gasteiger partial charge on any atom is 0.175 e. The van der Waals surface area contributed by atoms with E-state index in [1.54, 1.807) is 19.2 Å². The molecule has 3 nitrogen and oxygen atoms in total. The first kappa shape index (κ1) is 16.9. The Labute approximate surface area is 143 Å². The second-order valence-electron chi connectivity index (χ2n) is 6.79. The second kappa shape index (κ2) is 5.87. The summed E-state index contributed by atoms with van der Waals surface area (Å²) in [5, 5.41) is 0. The highest BCUT2D eigenvalue weighted by Gasteiger charge is 2.48. The Morgan fingerprint density at radius 2 is 1.50 bits per heavy atom. The van der Waals surface area contributed by atoms with Gasteiger partial charge in [-0.05, 0) is 34.4 Å². The van der Waals surface area contributed by atoms with E-state index in [0.29, 0.717) is 4.90 Å². The Balaban J connectivity index is 2.15. The highest BCUT2D eigenvalue weighted by Crippen LogP contribution is 2.56. The molecule has 2 aromatic rings. The average Bonchev–Trinajstić information content (AvgIpc) is 2.53. The minimum Gasteiger partial charge on any atom is -0.376 e. The van der Waals surface area contributed by atoms with E-state index >= 15 is 0 Å². The van der Waals surface area contributed by atoms with Crippen LogP contribution in [0.2, 0.25) is 0 Å². The molecular weight excluding hydrogens is 320 g/mol. The zero-order chi connectivity index (χ0) is 17.5. The van der Waals surface area contributed by atoms with Gasteiger partial charge in [0.1, 0.15) is 0 Å². The molecule has 126 valence electrons. The molecule has 1 aliphatic rings. The van der Waals surface area contributed by atoms with Crippen molar-refractivity contribution in [3.63, 3.8) is 0 Å². The standard InChI is InChI=1S/C20H22O3S/c1-20(2)18(15-8-6-5-7-9-15)17(19(20)23-3)14-10-12-16(13-11-14)24(4,21)22/h5-13,19H,1-4H3. The molecule has 1 atom stereocenters. The molecule has 0 radical (unpaired) electrons. The van der Waals surface area contributed by atoms with E-state index in [1.165, 1.54) is 17.4 Å². The fourth-order valence-corrected chi connectivity index (χ4v) is 4.25. The summed E-state index contributed by atoms with van der Waals surface area (Å²) in [7, 11) is -1.47. The SMILES string of the molecule is COC1C(c2ccc(S(C)(=O)=O)cc2)=C(c2ccccc2)C1(C)C. The van der Waals surface area contributed by atoms with Gasteiger partial charge in [0.25, 0.3) is 0 Å². The largest absolute Gasteiger partial charge is 0.376 e. The van der Waals surface area contributed by atoms with Crippen molar-refractivity contribution in [3.05, 3.63) is 65.7 Å². The lowest BCUT2D eigenvalue weighted by atomic mass is 9.60. The molecule has 3 rings (SSSR count). The van der Waals surface area contributed by atoms with Gasteiger partial charge in [0.05, 0.1) is 11.0 Å². The lowest BCUT2D eigenvalue weighted by Gasteiger charge is -2.48. The number of methoxy groups -OCH3 is 1. The third-order valence-electron chi connectivity index (χ3n) is 4.72. The molecule has 0 saturated heterocycles. The lowest BCUT2D eigenvalue weighted by Crippen LogP contribution is -2.43. The van der Waals surface area contributed by atoms with Gasteiger partial charge in [-0.2, -0.15) is 0 Å². The summed E-state index contributed by atoms with van der Waals surface area (Å²) in [4.78, 5) is 0.334. The summed E-state index contributed by atoms with van der Waals surface area (Å²) >= 11 is 0. The molecule has 0 saturated carbocycles. The van der Waals surface area contributed by atoms with Gasteiger partial charge in [-0.1, -0.05) is 56.3 Å². The number of sulfone groups is 1. The van der Waals surface area contributed by atoms with Gasteiger partial charge in [0.15, 0.2) is 9.84 Å². The molecule has 0 fully saturated rings. The number of hydrogen-bond acceptors (Lipinski definition) is 3. The van der Waals surface area contributed by atoms with Crippen LogP contribution in [0.4, 0.5) is 0 Å². The van der Waals surface area contributed by atoms with Crippen LogP contribution in [0, 0.1) is 5.41 Å². The van der Waals surface area contributed by atoms with Crippen LogP contribution >= 0.6 is 0 Å². The minimum absolute atomic E-state index is 0.0169. The topological polar surface area (TPSA) is 43.4 Å². The first-order valence-corrected chi connectivity index (χ1v) is 9.79. The van der Waals surface area contributed by atoms with E-state index in [9.17, 15) is 8.42 Å². The third kappa shape index (κ3) is 2.70. The van der Waals surface area contributed by atoms with Crippen LogP contribution in [0.25, 0.3) is 11.1 Å². The van der Waals surface area contributed by atoms with Crippen LogP contribution in [0.1, 0.15) is 25.0 Å². The van der Waals surface area contributed by atoms with Crippen molar-refractivity contribution >= 4 is 21.0 Å². The average molecular weight is 342 g/mol. The van der Waals surface area contributed by atoms with Crippen LogP contribution in [0.3, 0.4) is 0 Å². The molecule has 4 heteroatoms. The number of hydrogen-bond donors (Lipinski definition) is 0. The maximum atomic E-state index is 11.7. The van der Waals surface area contributed by atoms with Gasteiger partial charge in [0.2, 0.25) is 0 Å². The fraction of sp³-hybridized carbons (Fsp3) is 0.300. The van der Waals surface area contributed by atoms with E-state index in [2.05, 4.69) is 26.0 Å². The van der Waals surface area contributed by atoms with Crippen LogP contribution in [0.15, 0.2) is 59.5 Å². The fourth-order valence-electron chi connectivity index (χ4n) is 3.61. The molecule has 1 unspecified atom stereocenters. The maximum absolute atomic E-state index is 11.7. The summed E-state index contributed by atoms with van der Waals surface area (Å²) < 4.78 is 29.1. The predicted octanol–water partition coefficient (Wildman–Crippen LogP) is 4.06. The molecule has 0 aliphatic heterocycles. The van der Waals surface area contributed by atoms with Crippen LogP contribution in [-0.4, -0.2) is 27.9 Å². The van der Waals surface area contributed by atoms with E-state index in [1.807, 2.05) is 30.3 Å². The van der Waals surface area contributed by atoms with Gasteiger partial charge in [-0.15, -0.1) is 0 Å². The highest BCUT2D eigenvalue weighted by molar-refractivity contribution is 7.90. The van der Waals surface area contributed by atoms with E-state index < -0.39 is 9.84 Å². The number of rotatable bonds is 4. The lowest BCUT2D eigenvalue weighted by molar-refractivity contribution is 0.0664. The molecule has 0 spiro atoms. The van der Waals surface area contributed by atoms with Crippen LogP contribution < -0.4 is 0 Å². The summed E-state index contributed by atoms with van der Waals surface area (Å²) in [5.74, 6) is 0. The second-order valence-corrected chi connectivity index (χ2v) is 8.80. The number of benzene rings is 2. The molecule has 0 amide bonds. The summed E-state index contributed by atoms with van der Waals surface area (Å²) in [5.41, 5.74) is 4.47. The minimum atomic E-state index is -3.19. The monoisotopic (exact) mass is 342 g/mol. The molecular formula is C20H22O3S. The van der Waals surface area contributed by atoms with Gasteiger partial charge in [-0.25, -0.2) is 8.42 Å². The Kier molecular flexibility index (Phi) is 4.14. The van der Waals surface area contributed by atoms with E-state index in [0.717, 1.165) is 11.1 Å². The van der Waals surface area contributed by atoms with Crippen molar-refractivity contribution in [1.29, 1.82) is 0 Å². The van der Waals surface area contributed by atoms with Gasteiger partial charge < -0.3 is 4.74 Å². The quantitative estimate of drug-likeness (QED) is 0.842. The van der Waals surface area contributed by atoms with Crippen molar-refractivity contribution in [1.82, 2.24) is 0 Å². The Hall–Kier alpha value is -1.91. The molecule has 1 aliphatic carbocycles. The molecule has 0 heterocycles. The van der Waals surface area contributed by atoms with Crippen molar-refractivity contribution in [3.8, 4) is 0 Å². The van der Waals surface area contributed by atoms with Gasteiger partial charge in [-0.3, -0.25) is 0 Å². The van der Waals surface area contributed by atoms with E-state index in [-0.39, 0.29) is 11.5 Å². The molecule has 2 aromatic carbocycles. The zero-order valence-electron chi connectivity index (χ0n) is 14.4. The normalized spacial score (nSPS) is 19.9. The Bertz CT molecular complexity index is 876. The van der Waals surface area contributed by atoms with Crippen LogP contribution in [0.5, 0.6) is 0 Å². The first-order valence-electron chi connectivity index (χ1n) is 7.90. The smallest absolute Gasteiger partial charge is 0.175 e. The molecule has 0 aromatic heterocycles. The van der Waals surface area contributed by atoms with Crippen LogP contribution in [-0.2, 0) is 14.6 Å². The van der Waals surface area contributed by atoms with Crippen molar-refractivity contribution in [2.45, 2.75) is 24.8 Å². The predicted molar refractivity (Wildman–Crippen MR) is 97.4 cm³/mol.